The fraction of sp³-hybridized carbons (Fsp3) is 0.0667. The number of benzene rings is 1. The molecule has 0 aliphatic heterocycles. The zero-order valence-electron chi connectivity index (χ0n) is 11.3. The number of thiophene rings is 1. The van der Waals surface area contributed by atoms with E-state index in [9.17, 15) is 9.59 Å². The van der Waals surface area contributed by atoms with Crippen LogP contribution in [0.2, 0.25) is 0 Å². The first-order valence-electron chi connectivity index (χ1n) is 6.63. The lowest BCUT2D eigenvalue weighted by atomic mass is 10.2. The molecule has 0 amide bonds. The van der Waals surface area contributed by atoms with Crippen molar-refractivity contribution in [1.29, 1.82) is 0 Å². The molecule has 3 aromatic heterocycles. The van der Waals surface area contributed by atoms with Crippen molar-refractivity contribution in [2.24, 2.45) is 0 Å². The summed E-state index contributed by atoms with van der Waals surface area (Å²) in [6.45, 7) is 0.421. The molecule has 0 N–H and O–H groups in total. The molecule has 0 unspecified atom stereocenters. The third-order valence-corrected chi connectivity index (χ3v) is 4.56. The van der Waals surface area contributed by atoms with Gasteiger partial charge >= 0.3 is 5.69 Å². The maximum atomic E-state index is 12.6. The molecule has 0 saturated carbocycles. The van der Waals surface area contributed by atoms with Gasteiger partial charge in [0, 0.05) is 0 Å². The molecule has 4 aromatic rings. The largest absolute Gasteiger partial charge is 0.352 e. The number of carbonyl (C=O) groups excluding carboxylic acids is 1. The Balaban J connectivity index is 2.05. The SMILES string of the molecule is O=Cc1cc2c(s1)n(Cc1ccccc1)c(=O)n1ncnc21. The molecule has 108 valence electrons. The first kappa shape index (κ1) is 12.9. The summed E-state index contributed by atoms with van der Waals surface area (Å²) < 4.78 is 2.90. The van der Waals surface area contributed by atoms with E-state index in [2.05, 4.69) is 10.1 Å². The average Bonchev–Trinajstić information content (AvgIpc) is 3.18. The van der Waals surface area contributed by atoms with E-state index < -0.39 is 0 Å². The van der Waals surface area contributed by atoms with Crippen molar-refractivity contribution < 1.29 is 4.79 Å². The van der Waals surface area contributed by atoms with E-state index in [0.717, 1.165) is 22.1 Å². The predicted molar refractivity (Wildman–Crippen MR) is 83.6 cm³/mol. The minimum atomic E-state index is -0.261. The first-order chi connectivity index (χ1) is 10.8. The third kappa shape index (κ3) is 1.86. The Morgan fingerprint density at radius 3 is 2.82 bits per heavy atom. The van der Waals surface area contributed by atoms with Crippen LogP contribution >= 0.6 is 11.3 Å². The zero-order valence-corrected chi connectivity index (χ0v) is 12.2. The lowest BCUT2D eigenvalue weighted by molar-refractivity contribution is 0.112. The zero-order chi connectivity index (χ0) is 15.1. The Bertz CT molecular complexity index is 1050. The van der Waals surface area contributed by atoms with Crippen LogP contribution in [0.4, 0.5) is 0 Å². The van der Waals surface area contributed by atoms with Gasteiger partial charge in [-0.15, -0.1) is 11.3 Å². The van der Waals surface area contributed by atoms with Gasteiger partial charge in [-0.1, -0.05) is 30.3 Å². The number of rotatable bonds is 3. The summed E-state index contributed by atoms with van der Waals surface area (Å²) in [6, 6.07) is 11.4. The number of carbonyl (C=O) groups is 1. The van der Waals surface area contributed by atoms with Crippen LogP contribution in [-0.2, 0) is 6.54 Å². The topological polar surface area (TPSA) is 69.3 Å². The molecular weight excluding hydrogens is 300 g/mol. The molecule has 7 heteroatoms. The van der Waals surface area contributed by atoms with Crippen LogP contribution in [0.25, 0.3) is 15.9 Å². The van der Waals surface area contributed by atoms with Gasteiger partial charge in [-0.3, -0.25) is 9.36 Å². The monoisotopic (exact) mass is 310 g/mol. The second kappa shape index (κ2) is 4.88. The maximum absolute atomic E-state index is 12.6. The standard InChI is InChI=1S/C15H10N4O2S/c20-8-11-6-12-13-16-9-17-19(13)15(21)18(14(12)22-11)7-10-4-2-1-3-5-10/h1-6,8-9H,7H2. The van der Waals surface area contributed by atoms with E-state index >= 15 is 0 Å². The number of hydrogen-bond donors (Lipinski definition) is 0. The fourth-order valence-corrected chi connectivity index (χ4v) is 3.45. The smallest absolute Gasteiger partial charge is 0.297 e. The summed E-state index contributed by atoms with van der Waals surface area (Å²) in [5, 5.41) is 4.76. The molecule has 22 heavy (non-hydrogen) atoms. The van der Waals surface area contributed by atoms with Gasteiger partial charge in [-0.05, 0) is 11.6 Å². The predicted octanol–water partition coefficient (Wildman–Crippen LogP) is 1.97. The number of hydrogen-bond acceptors (Lipinski definition) is 5. The van der Waals surface area contributed by atoms with Gasteiger partial charge in [0.2, 0.25) is 0 Å². The normalized spacial score (nSPS) is 11.3. The minimum absolute atomic E-state index is 0.261. The van der Waals surface area contributed by atoms with Crippen molar-refractivity contribution >= 4 is 33.5 Å². The molecule has 6 nitrogen and oxygen atoms in total. The van der Waals surface area contributed by atoms with Crippen molar-refractivity contribution in [3.8, 4) is 0 Å². The molecule has 0 spiro atoms. The summed E-state index contributed by atoms with van der Waals surface area (Å²) in [5.41, 5.74) is 1.23. The van der Waals surface area contributed by atoms with Gasteiger partial charge in [-0.2, -0.15) is 9.61 Å². The third-order valence-electron chi connectivity index (χ3n) is 3.48. The number of aromatic nitrogens is 4. The van der Waals surface area contributed by atoms with Crippen molar-refractivity contribution in [2.45, 2.75) is 6.54 Å². The Hall–Kier alpha value is -2.80. The summed E-state index contributed by atoms with van der Waals surface area (Å²) in [7, 11) is 0. The average molecular weight is 310 g/mol. The highest BCUT2D eigenvalue weighted by Gasteiger charge is 2.15. The van der Waals surface area contributed by atoms with Gasteiger partial charge in [0.1, 0.15) is 11.2 Å². The number of nitrogens with zero attached hydrogens (tertiary/aromatic N) is 4. The van der Waals surface area contributed by atoms with Crippen LogP contribution in [0.15, 0.2) is 47.5 Å². The van der Waals surface area contributed by atoms with Gasteiger partial charge in [0.15, 0.2) is 11.9 Å². The molecule has 0 fully saturated rings. The van der Waals surface area contributed by atoms with Crippen molar-refractivity contribution in [3.05, 3.63) is 63.7 Å². The van der Waals surface area contributed by atoms with Crippen LogP contribution < -0.4 is 5.69 Å². The van der Waals surface area contributed by atoms with Crippen LogP contribution in [0.3, 0.4) is 0 Å². The van der Waals surface area contributed by atoms with Gasteiger partial charge in [0.25, 0.3) is 0 Å². The van der Waals surface area contributed by atoms with Crippen molar-refractivity contribution in [3.63, 3.8) is 0 Å². The van der Waals surface area contributed by atoms with Crippen LogP contribution in [0.5, 0.6) is 0 Å². The van der Waals surface area contributed by atoms with E-state index in [1.807, 2.05) is 30.3 Å². The molecule has 0 bridgehead atoms. The Kier molecular flexibility index (Phi) is 2.87. The van der Waals surface area contributed by atoms with Gasteiger partial charge in [-0.25, -0.2) is 9.78 Å². The first-order valence-corrected chi connectivity index (χ1v) is 7.45. The molecule has 1 aromatic carbocycles. The van der Waals surface area contributed by atoms with Crippen molar-refractivity contribution in [1.82, 2.24) is 19.2 Å². The minimum Gasteiger partial charge on any atom is -0.297 e. The highest BCUT2D eigenvalue weighted by atomic mass is 32.1. The van der Waals surface area contributed by atoms with E-state index in [1.54, 1.807) is 10.6 Å². The molecule has 0 atom stereocenters. The fourth-order valence-electron chi connectivity index (χ4n) is 2.49. The lowest BCUT2D eigenvalue weighted by Gasteiger charge is -2.08. The summed E-state index contributed by atoms with van der Waals surface area (Å²) >= 11 is 1.29. The van der Waals surface area contributed by atoms with E-state index in [1.165, 1.54) is 22.2 Å². The summed E-state index contributed by atoms with van der Waals surface area (Å²) in [6.07, 6.45) is 2.14. The number of aldehydes is 1. The number of fused-ring (bicyclic) bond motifs is 3. The van der Waals surface area contributed by atoms with Crippen LogP contribution in [-0.4, -0.2) is 25.5 Å². The molecule has 0 aliphatic rings. The van der Waals surface area contributed by atoms with Gasteiger partial charge in [0.05, 0.1) is 16.8 Å². The quantitative estimate of drug-likeness (QED) is 0.542. The molecule has 4 rings (SSSR count). The van der Waals surface area contributed by atoms with E-state index in [4.69, 9.17) is 0 Å². The summed E-state index contributed by atoms with van der Waals surface area (Å²) in [5.74, 6) is 0. The van der Waals surface area contributed by atoms with Crippen molar-refractivity contribution in [2.75, 3.05) is 0 Å². The molecular formula is C15H10N4O2S. The summed E-state index contributed by atoms with van der Waals surface area (Å²) in [4.78, 5) is 29.2. The molecule has 3 heterocycles. The highest BCUT2D eigenvalue weighted by Crippen LogP contribution is 2.26. The molecule has 0 radical (unpaired) electrons. The Morgan fingerprint density at radius 2 is 2.05 bits per heavy atom. The molecule has 0 aliphatic carbocycles. The van der Waals surface area contributed by atoms with Gasteiger partial charge < -0.3 is 0 Å². The van der Waals surface area contributed by atoms with Crippen LogP contribution in [0.1, 0.15) is 15.2 Å². The van der Waals surface area contributed by atoms with E-state index in [-0.39, 0.29) is 5.69 Å². The molecule has 0 saturated heterocycles. The van der Waals surface area contributed by atoms with Crippen LogP contribution in [0, 0.1) is 0 Å². The lowest BCUT2D eigenvalue weighted by Crippen LogP contribution is -2.27. The second-order valence-corrected chi connectivity index (χ2v) is 5.90. The van der Waals surface area contributed by atoms with E-state index in [0.29, 0.717) is 17.1 Å². The Morgan fingerprint density at radius 1 is 1.23 bits per heavy atom. The second-order valence-electron chi connectivity index (χ2n) is 4.84. The maximum Gasteiger partial charge on any atom is 0.352 e. The Labute approximate surface area is 128 Å². The highest BCUT2D eigenvalue weighted by molar-refractivity contribution is 7.20.